The highest BCUT2D eigenvalue weighted by atomic mass is 19.1. The smallest absolute Gasteiger partial charge is 0.259 e. The average molecular weight is 563 g/mol. The number of rotatable bonds is 9. The molecule has 5 aromatic rings. The van der Waals surface area contributed by atoms with Gasteiger partial charge in [0.05, 0.1) is 24.0 Å². The molecule has 210 valence electrons. The number of anilines is 2. The third-order valence-corrected chi connectivity index (χ3v) is 6.77. The first-order valence-corrected chi connectivity index (χ1v) is 13.3. The number of ether oxygens (including phenoxy) is 1. The molecule has 0 aliphatic rings. The maximum atomic E-state index is 14.7. The highest BCUT2D eigenvalue weighted by molar-refractivity contribution is 6.10. The van der Waals surface area contributed by atoms with Crippen molar-refractivity contribution in [2.45, 2.75) is 12.8 Å². The number of hydrogen-bond acceptors (Lipinski definition) is 3. The molecule has 0 fully saturated rings. The van der Waals surface area contributed by atoms with Gasteiger partial charge in [-0.1, -0.05) is 72.8 Å². The van der Waals surface area contributed by atoms with Gasteiger partial charge in [-0.05, 0) is 77.6 Å². The summed E-state index contributed by atoms with van der Waals surface area (Å²) in [6.07, 6.45) is 1.13. The minimum atomic E-state index is -0.659. The van der Waals surface area contributed by atoms with Gasteiger partial charge in [-0.15, -0.1) is 0 Å². The Labute approximate surface area is 242 Å². The topological polar surface area (TPSA) is 67.4 Å². The van der Waals surface area contributed by atoms with Crippen LogP contribution < -0.4 is 15.4 Å². The Bertz CT molecular complexity index is 1720. The van der Waals surface area contributed by atoms with Crippen LogP contribution in [0.3, 0.4) is 0 Å². The second kappa shape index (κ2) is 12.9. The number of amides is 2. The van der Waals surface area contributed by atoms with E-state index in [-0.39, 0.29) is 28.3 Å². The lowest BCUT2D eigenvalue weighted by Crippen LogP contribution is -2.17. The summed E-state index contributed by atoms with van der Waals surface area (Å²) in [5.41, 5.74) is 3.88. The van der Waals surface area contributed by atoms with Crippen LogP contribution in [0.15, 0.2) is 115 Å². The first kappa shape index (κ1) is 28.2. The van der Waals surface area contributed by atoms with Crippen LogP contribution in [0, 0.1) is 11.6 Å². The number of benzene rings is 5. The zero-order chi connectivity index (χ0) is 29.5. The van der Waals surface area contributed by atoms with Gasteiger partial charge in [0.25, 0.3) is 11.8 Å². The summed E-state index contributed by atoms with van der Waals surface area (Å²) in [5, 5.41) is 5.20. The third kappa shape index (κ3) is 6.88. The zero-order valence-electron chi connectivity index (χ0n) is 22.9. The summed E-state index contributed by atoms with van der Waals surface area (Å²) in [6.45, 7) is 0. The fraction of sp³-hybridized carbons (Fsp3) is 0.0857. The fourth-order valence-corrected chi connectivity index (χ4v) is 4.63. The van der Waals surface area contributed by atoms with Crippen LogP contribution in [-0.4, -0.2) is 18.9 Å². The van der Waals surface area contributed by atoms with Gasteiger partial charge in [-0.3, -0.25) is 9.59 Å². The summed E-state index contributed by atoms with van der Waals surface area (Å²) in [5.74, 6) is -2.26. The van der Waals surface area contributed by atoms with Crippen molar-refractivity contribution < 1.29 is 23.1 Å². The molecule has 0 saturated heterocycles. The first-order valence-electron chi connectivity index (χ1n) is 13.3. The molecule has 5 nitrogen and oxygen atoms in total. The molecule has 5 aromatic carbocycles. The molecule has 0 saturated carbocycles. The Kier molecular flexibility index (Phi) is 8.68. The van der Waals surface area contributed by atoms with Crippen molar-refractivity contribution >= 4 is 23.2 Å². The van der Waals surface area contributed by atoms with Gasteiger partial charge in [0.2, 0.25) is 0 Å². The number of carbonyl (C=O) groups excluding carboxylic acids is 2. The summed E-state index contributed by atoms with van der Waals surface area (Å²) in [7, 11) is 1.39. The molecule has 0 radical (unpaired) electrons. The van der Waals surface area contributed by atoms with Crippen LogP contribution in [0.2, 0.25) is 0 Å². The van der Waals surface area contributed by atoms with Crippen molar-refractivity contribution in [2.24, 2.45) is 0 Å². The molecule has 0 unspecified atom stereocenters. The lowest BCUT2D eigenvalue weighted by Gasteiger charge is -2.13. The van der Waals surface area contributed by atoms with E-state index in [1.54, 1.807) is 24.3 Å². The maximum Gasteiger partial charge on any atom is 0.259 e. The molecule has 7 heteroatoms. The van der Waals surface area contributed by atoms with E-state index in [2.05, 4.69) is 10.6 Å². The number of nitrogens with one attached hydrogen (secondary N) is 2. The van der Waals surface area contributed by atoms with Gasteiger partial charge in [0.15, 0.2) is 0 Å². The second-order valence-electron chi connectivity index (χ2n) is 9.78. The van der Waals surface area contributed by atoms with Gasteiger partial charge in [-0.25, -0.2) is 8.78 Å². The molecular formula is C35H28F2N2O3. The van der Waals surface area contributed by atoms with Gasteiger partial charge in [0.1, 0.15) is 17.4 Å². The van der Waals surface area contributed by atoms with Crippen LogP contribution in [0.25, 0.3) is 0 Å². The molecule has 0 bridgehead atoms. The molecule has 42 heavy (non-hydrogen) atoms. The summed E-state index contributed by atoms with van der Waals surface area (Å²) < 4.78 is 34.6. The molecule has 0 aliphatic carbocycles. The van der Waals surface area contributed by atoms with E-state index >= 15 is 0 Å². The molecule has 0 spiro atoms. The van der Waals surface area contributed by atoms with Gasteiger partial charge >= 0.3 is 0 Å². The quantitative estimate of drug-likeness (QED) is 0.194. The van der Waals surface area contributed by atoms with Gasteiger partial charge in [0, 0.05) is 5.56 Å². The molecule has 2 N–H and O–H groups in total. The number of carbonyl (C=O) groups is 2. The molecule has 0 heterocycles. The number of methoxy groups -OCH3 is 1. The number of hydrogen-bond donors (Lipinski definition) is 2. The van der Waals surface area contributed by atoms with E-state index in [0.29, 0.717) is 12.8 Å². The van der Waals surface area contributed by atoms with Crippen LogP contribution in [0.4, 0.5) is 20.2 Å². The van der Waals surface area contributed by atoms with Crippen LogP contribution in [0.5, 0.6) is 5.75 Å². The zero-order valence-corrected chi connectivity index (χ0v) is 22.9. The van der Waals surface area contributed by atoms with E-state index in [4.69, 9.17) is 4.74 Å². The molecule has 0 aromatic heterocycles. The van der Waals surface area contributed by atoms with E-state index in [0.717, 1.165) is 22.3 Å². The van der Waals surface area contributed by atoms with E-state index < -0.39 is 23.4 Å². The lowest BCUT2D eigenvalue weighted by atomic mass is 10.0. The minimum Gasteiger partial charge on any atom is -0.496 e. The third-order valence-electron chi connectivity index (χ3n) is 6.77. The molecule has 2 amide bonds. The van der Waals surface area contributed by atoms with Gasteiger partial charge in [-0.2, -0.15) is 0 Å². The van der Waals surface area contributed by atoms with Crippen molar-refractivity contribution in [2.75, 3.05) is 17.7 Å². The maximum absolute atomic E-state index is 14.7. The van der Waals surface area contributed by atoms with Crippen LogP contribution >= 0.6 is 0 Å². The van der Waals surface area contributed by atoms with E-state index in [1.165, 1.54) is 37.4 Å². The largest absolute Gasteiger partial charge is 0.496 e. The van der Waals surface area contributed by atoms with Crippen LogP contribution in [-0.2, 0) is 12.8 Å². The Morgan fingerprint density at radius 1 is 0.595 bits per heavy atom. The Morgan fingerprint density at radius 3 is 1.60 bits per heavy atom. The van der Waals surface area contributed by atoms with Crippen LogP contribution in [0.1, 0.15) is 43.0 Å². The molecule has 0 atom stereocenters. The lowest BCUT2D eigenvalue weighted by molar-refractivity contribution is 0.102. The SMILES string of the molecule is COc1ccc(C(=O)Nc2cc(Cc3ccccc3)ccc2F)cc1C(=O)Nc1cc(Cc2ccccc2)ccc1F. The van der Waals surface area contributed by atoms with Gasteiger partial charge < -0.3 is 15.4 Å². The Balaban J connectivity index is 1.34. The first-order chi connectivity index (χ1) is 20.4. The Hall–Kier alpha value is -5.30. The van der Waals surface area contributed by atoms with Crippen molar-refractivity contribution in [1.29, 1.82) is 0 Å². The predicted octanol–water partition coefficient (Wildman–Crippen LogP) is 7.66. The van der Waals surface area contributed by atoms with E-state index in [1.807, 2.05) is 60.7 Å². The summed E-state index contributed by atoms with van der Waals surface area (Å²) in [6, 6.07) is 32.8. The van der Waals surface area contributed by atoms with Crippen molar-refractivity contribution in [3.8, 4) is 5.75 Å². The normalized spacial score (nSPS) is 10.6. The minimum absolute atomic E-state index is 0.00245. The second-order valence-corrected chi connectivity index (χ2v) is 9.78. The fourth-order valence-electron chi connectivity index (χ4n) is 4.63. The highest BCUT2D eigenvalue weighted by Crippen LogP contribution is 2.25. The van der Waals surface area contributed by atoms with Crippen molar-refractivity contribution in [3.63, 3.8) is 0 Å². The summed E-state index contributed by atoms with van der Waals surface area (Å²) >= 11 is 0. The number of halogens is 2. The molecule has 5 rings (SSSR count). The summed E-state index contributed by atoms with van der Waals surface area (Å²) in [4.78, 5) is 26.4. The highest BCUT2D eigenvalue weighted by Gasteiger charge is 2.19. The molecule has 0 aliphatic heterocycles. The van der Waals surface area contributed by atoms with Crippen molar-refractivity contribution in [1.82, 2.24) is 0 Å². The average Bonchev–Trinajstić information content (AvgIpc) is 3.01. The Morgan fingerprint density at radius 2 is 1.10 bits per heavy atom. The van der Waals surface area contributed by atoms with Crippen molar-refractivity contribution in [3.05, 3.63) is 160 Å². The molecular weight excluding hydrogens is 534 g/mol. The monoisotopic (exact) mass is 562 g/mol. The van der Waals surface area contributed by atoms with E-state index in [9.17, 15) is 18.4 Å². The standard InChI is InChI=1S/C35H28F2N2O3/c1-42-33-17-14-27(34(40)38-31-20-25(12-15-29(31)36)18-23-8-4-2-5-9-23)22-28(33)35(41)39-32-21-26(13-16-30(32)37)19-24-10-6-3-7-11-24/h2-17,20-22H,18-19H2,1H3,(H,38,40)(H,39,41). The predicted molar refractivity (Wildman–Crippen MR) is 160 cm³/mol.